The predicted molar refractivity (Wildman–Crippen MR) is 270 cm³/mol. The minimum absolute atomic E-state index is 0.0261. The Bertz CT molecular complexity index is 1230. The maximum atomic E-state index is 12.8. The number of allylic oxidation sites excluding steroid dienone is 8. The lowest BCUT2D eigenvalue weighted by molar-refractivity contribution is -0.870. The van der Waals surface area contributed by atoms with E-state index < -0.39 is 26.5 Å². The zero-order chi connectivity index (χ0) is 47.1. The van der Waals surface area contributed by atoms with Gasteiger partial charge in [0.1, 0.15) is 19.8 Å². The molecule has 1 unspecified atom stereocenters. The number of carbonyl (C=O) groups excluding carboxylic acids is 2. The number of unbranched alkanes of at least 4 members (excludes halogenated alkanes) is 28. The standard InChI is InChI=1S/C54H100NO8P/c1-6-8-10-12-14-16-18-20-22-24-26-28-30-32-34-36-38-40-42-44-46-53(56)60-50-52(51-62-64(58,59)61-49-48-55(3,4)5)63-54(57)47-45-43-41-39-37-35-33-31-29-27-25-23-21-19-17-15-13-11-9-7-2/h24-31,52H,6-23,32-51H2,1-5H3/p+1/b26-24+,27-25+,30-28+,31-29+/t52-/m1/s1. The molecule has 0 aromatic rings. The van der Waals surface area contributed by atoms with Gasteiger partial charge in [0.15, 0.2) is 6.10 Å². The van der Waals surface area contributed by atoms with E-state index in [1.54, 1.807) is 0 Å². The predicted octanol–water partition coefficient (Wildman–Crippen LogP) is 15.8. The first-order valence-electron chi connectivity index (χ1n) is 26.4. The number of hydrogen-bond acceptors (Lipinski definition) is 7. The average molecular weight is 923 g/mol. The van der Waals surface area contributed by atoms with Crippen LogP contribution in [0.1, 0.15) is 232 Å². The minimum Gasteiger partial charge on any atom is -0.462 e. The number of rotatable bonds is 48. The van der Waals surface area contributed by atoms with Gasteiger partial charge in [-0.3, -0.25) is 18.6 Å². The molecule has 2 atom stereocenters. The maximum absolute atomic E-state index is 12.8. The van der Waals surface area contributed by atoms with Crippen LogP contribution in [0.2, 0.25) is 0 Å². The molecule has 0 spiro atoms. The van der Waals surface area contributed by atoms with E-state index in [-0.39, 0.29) is 32.0 Å². The Morgan fingerprint density at radius 2 is 0.828 bits per heavy atom. The molecule has 0 aromatic carbocycles. The fraction of sp³-hybridized carbons (Fsp3) is 0.815. The van der Waals surface area contributed by atoms with Crippen LogP contribution >= 0.6 is 7.82 Å². The molecule has 0 fully saturated rings. The van der Waals surface area contributed by atoms with Gasteiger partial charge >= 0.3 is 19.8 Å². The molecular weight excluding hydrogens is 822 g/mol. The van der Waals surface area contributed by atoms with Crippen molar-refractivity contribution in [3.05, 3.63) is 48.6 Å². The highest BCUT2D eigenvalue weighted by Crippen LogP contribution is 2.43. The van der Waals surface area contributed by atoms with Crippen molar-refractivity contribution in [3.8, 4) is 0 Å². The molecule has 0 aromatic heterocycles. The Kier molecular flexibility index (Phi) is 44.6. The summed E-state index contributed by atoms with van der Waals surface area (Å²) in [6, 6.07) is 0. The molecule has 0 rings (SSSR count). The number of nitrogens with zero attached hydrogens (tertiary/aromatic N) is 1. The number of phosphoric acid groups is 1. The summed E-state index contributed by atoms with van der Waals surface area (Å²) in [4.78, 5) is 35.6. The van der Waals surface area contributed by atoms with Crippen LogP contribution in [0.25, 0.3) is 0 Å². The van der Waals surface area contributed by atoms with Gasteiger partial charge in [0.25, 0.3) is 0 Å². The van der Waals surface area contributed by atoms with Gasteiger partial charge in [-0.1, -0.05) is 204 Å². The fourth-order valence-corrected chi connectivity index (χ4v) is 7.97. The number of ether oxygens (including phenoxy) is 2. The van der Waals surface area contributed by atoms with Crippen LogP contribution in [0, 0.1) is 0 Å². The molecule has 1 N–H and O–H groups in total. The molecular formula is C54H101NO8P+. The third kappa shape index (κ3) is 49.4. The zero-order valence-corrected chi connectivity index (χ0v) is 43.2. The van der Waals surface area contributed by atoms with Crippen molar-refractivity contribution in [3.63, 3.8) is 0 Å². The van der Waals surface area contributed by atoms with Crippen LogP contribution in [0.15, 0.2) is 48.6 Å². The van der Waals surface area contributed by atoms with Crippen LogP contribution < -0.4 is 0 Å². The molecule has 0 amide bonds. The second kappa shape index (κ2) is 46.1. The normalized spacial score (nSPS) is 13.8. The van der Waals surface area contributed by atoms with Gasteiger partial charge in [-0.2, -0.15) is 0 Å². The van der Waals surface area contributed by atoms with E-state index in [4.69, 9.17) is 18.5 Å². The Morgan fingerprint density at radius 1 is 0.484 bits per heavy atom. The van der Waals surface area contributed by atoms with Gasteiger partial charge in [0, 0.05) is 12.8 Å². The molecule has 0 saturated heterocycles. The Balaban J connectivity index is 4.30. The van der Waals surface area contributed by atoms with E-state index in [1.807, 2.05) is 21.1 Å². The summed E-state index contributed by atoms with van der Waals surface area (Å²) in [6.45, 7) is 4.41. The summed E-state index contributed by atoms with van der Waals surface area (Å²) in [5, 5.41) is 0. The smallest absolute Gasteiger partial charge is 0.462 e. The number of hydrogen-bond donors (Lipinski definition) is 1. The van der Waals surface area contributed by atoms with Crippen LogP contribution in [0.3, 0.4) is 0 Å². The quantitative estimate of drug-likeness (QED) is 0.0211. The molecule has 374 valence electrons. The van der Waals surface area contributed by atoms with Crippen molar-refractivity contribution >= 4 is 19.8 Å². The van der Waals surface area contributed by atoms with E-state index in [2.05, 4.69) is 62.5 Å². The summed E-state index contributed by atoms with van der Waals surface area (Å²) >= 11 is 0. The highest BCUT2D eigenvalue weighted by Gasteiger charge is 2.27. The topological polar surface area (TPSA) is 108 Å². The highest BCUT2D eigenvalue weighted by molar-refractivity contribution is 7.47. The summed E-state index contributed by atoms with van der Waals surface area (Å²) < 4.78 is 34.5. The van der Waals surface area contributed by atoms with E-state index in [9.17, 15) is 19.0 Å². The van der Waals surface area contributed by atoms with Gasteiger partial charge < -0.3 is 18.9 Å². The molecule has 10 heteroatoms. The molecule has 0 heterocycles. The highest BCUT2D eigenvalue weighted by atomic mass is 31.2. The lowest BCUT2D eigenvalue weighted by atomic mass is 10.1. The molecule has 0 saturated carbocycles. The summed E-state index contributed by atoms with van der Waals surface area (Å²) in [5.41, 5.74) is 0. The van der Waals surface area contributed by atoms with Gasteiger partial charge in [-0.25, -0.2) is 4.57 Å². The number of carbonyl (C=O) groups is 2. The van der Waals surface area contributed by atoms with Crippen LogP contribution in [0.4, 0.5) is 0 Å². The monoisotopic (exact) mass is 923 g/mol. The zero-order valence-electron chi connectivity index (χ0n) is 42.3. The summed E-state index contributed by atoms with van der Waals surface area (Å²) in [5.74, 6) is -0.820. The number of quaternary nitrogens is 1. The third-order valence-electron chi connectivity index (χ3n) is 11.4. The largest absolute Gasteiger partial charge is 0.472 e. The first-order chi connectivity index (χ1) is 31.0. The van der Waals surface area contributed by atoms with Gasteiger partial charge in [-0.05, 0) is 64.2 Å². The van der Waals surface area contributed by atoms with Crippen molar-refractivity contribution in [1.82, 2.24) is 0 Å². The number of esters is 2. The van der Waals surface area contributed by atoms with E-state index in [0.717, 1.165) is 70.6 Å². The van der Waals surface area contributed by atoms with Gasteiger partial charge in [0.2, 0.25) is 0 Å². The number of phosphoric ester groups is 1. The molecule has 0 aliphatic carbocycles. The van der Waals surface area contributed by atoms with Gasteiger partial charge in [-0.15, -0.1) is 0 Å². The van der Waals surface area contributed by atoms with Crippen molar-refractivity contribution in [2.75, 3.05) is 47.5 Å². The molecule has 9 nitrogen and oxygen atoms in total. The SMILES string of the molecule is CCCCCCCCCC/C=C/C=C/CCCCCCCCC(=O)OC[C@H](COP(=O)(O)OCC[N+](C)(C)C)OC(=O)CCCCCCCC/C=C/C=C/CCCCCCCCCC. The lowest BCUT2D eigenvalue weighted by Crippen LogP contribution is -2.37. The van der Waals surface area contributed by atoms with Crippen LogP contribution in [0.5, 0.6) is 0 Å². The Hall–Kier alpha value is -2.03. The lowest BCUT2D eigenvalue weighted by Gasteiger charge is -2.24. The van der Waals surface area contributed by atoms with Crippen LogP contribution in [-0.2, 0) is 32.7 Å². The van der Waals surface area contributed by atoms with Crippen molar-refractivity contribution < 1.29 is 42.1 Å². The minimum atomic E-state index is -4.39. The maximum Gasteiger partial charge on any atom is 0.472 e. The average Bonchev–Trinajstić information content (AvgIpc) is 3.25. The third-order valence-corrected chi connectivity index (χ3v) is 12.4. The Labute approximate surface area is 394 Å². The first-order valence-corrected chi connectivity index (χ1v) is 27.9. The van der Waals surface area contributed by atoms with E-state index in [1.165, 1.54) is 128 Å². The number of likely N-dealkylation sites (N-methyl/N-ethyl adjacent to an activating group) is 1. The second-order valence-corrected chi connectivity index (χ2v) is 20.4. The van der Waals surface area contributed by atoms with E-state index >= 15 is 0 Å². The molecule has 0 aliphatic rings. The summed E-state index contributed by atoms with van der Waals surface area (Å²) in [7, 11) is 1.46. The fourth-order valence-electron chi connectivity index (χ4n) is 7.23. The summed E-state index contributed by atoms with van der Waals surface area (Å²) in [6.07, 6.45) is 55.9. The molecule has 64 heavy (non-hydrogen) atoms. The Morgan fingerprint density at radius 3 is 1.20 bits per heavy atom. The van der Waals surface area contributed by atoms with Crippen molar-refractivity contribution in [2.24, 2.45) is 0 Å². The molecule has 0 radical (unpaired) electrons. The van der Waals surface area contributed by atoms with Crippen LogP contribution in [-0.4, -0.2) is 74.9 Å². The van der Waals surface area contributed by atoms with E-state index in [0.29, 0.717) is 17.4 Å². The second-order valence-electron chi connectivity index (χ2n) is 19.0. The molecule has 0 bridgehead atoms. The molecule has 0 aliphatic heterocycles. The van der Waals surface area contributed by atoms with Crippen molar-refractivity contribution in [1.29, 1.82) is 0 Å². The van der Waals surface area contributed by atoms with Gasteiger partial charge in [0.05, 0.1) is 27.7 Å². The van der Waals surface area contributed by atoms with Crippen molar-refractivity contribution in [2.45, 2.75) is 238 Å². The first kappa shape index (κ1) is 62.0.